The number of anilines is 2. The van der Waals surface area contributed by atoms with E-state index >= 15 is 0 Å². The van der Waals surface area contributed by atoms with Crippen LogP contribution in [-0.4, -0.2) is 27.9 Å². The predicted octanol–water partition coefficient (Wildman–Crippen LogP) is 20.0. The molecule has 0 fully saturated rings. The summed E-state index contributed by atoms with van der Waals surface area (Å²) in [6.45, 7) is 12.3. The second-order valence-electron chi connectivity index (χ2n) is 19.7. The minimum absolute atomic E-state index is 0.250. The third-order valence-electron chi connectivity index (χ3n) is 14.5. The van der Waals surface area contributed by atoms with Crippen LogP contribution in [0, 0.1) is 23.2 Å². The monoisotopic (exact) mass is 1050 g/mol. The van der Waals surface area contributed by atoms with Crippen molar-refractivity contribution in [2.75, 3.05) is 11.4 Å². The van der Waals surface area contributed by atoms with Gasteiger partial charge in [0.2, 0.25) is 0 Å². The highest BCUT2D eigenvalue weighted by atomic mass is 32.2. The Morgan fingerprint density at radius 3 is 1.81 bits per heavy atom. The lowest BCUT2D eigenvalue weighted by Gasteiger charge is -2.32. The maximum Gasteiger partial charge on any atom is 0.346 e. The summed E-state index contributed by atoms with van der Waals surface area (Å²) in [5, 5.41) is 30.9. The third kappa shape index (κ3) is 11.5. The molecule has 1 aliphatic rings. The molecule has 1 aliphatic heterocycles. The van der Waals surface area contributed by atoms with Crippen LogP contribution in [0.2, 0.25) is 0 Å². The fourth-order valence-electron chi connectivity index (χ4n) is 10.7. The van der Waals surface area contributed by atoms with Crippen LogP contribution in [0.4, 0.5) is 11.4 Å². The van der Waals surface area contributed by atoms with Crippen LogP contribution in [-0.2, 0) is 17.6 Å². The molecule has 0 aliphatic carbocycles. The van der Waals surface area contributed by atoms with Crippen molar-refractivity contribution in [2.24, 2.45) is 11.8 Å². The molecule has 0 spiro atoms. The van der Waals surface area contributed by atoms with Crippen molar-refractivity contribution in [3.8, 4) is 36.0 Å². The highest BCUT2D eigenvalue weighted by Crippen LogP contribution is 2.53. The third-order valence-corrected chi connectivity index (χ3v) is 20.8. The molecule has 0 radical (unpaired) electrons. The average Bonchev–Trinajstić information content (AvgIpc) is 4.25. The quantitative estimate of drug-likeness (QED) is 0.0325. The van der Waals surface area contributed by atoms with Gasteiger partial charge in [-0.05, 0) is 113 Å². The van der Waals surface area contributed by atoms with Crippen molar-refractivity contribution < 1.29 is 14.5 Å². The molecule has 0 amide bonds. The van der Waals surface area contributed by atoms with E-state index in [2.05, 4.69) is 117 Å². The lowest BCUT2D eigenvalue weighted by molar-refractivity contribution is -0.132. The molecule has 2 atom stereocenters. The van der Waals surface area contributed by atoms with E-state index in [0.717, 1.165) is 62.2 Å². The number of aromatic nitrogens is 2. The van der Waals surface area contributed by atoms with Gasteiger partial charge in [-0.25, -0.2) is 9.42 Å². The molecule has 5 aromatic heterocycles. The van der Waals surface area contributed by atoms with Crippen molar-refractivity contribution >= 4 is 112 Å². The highest BCUT2D eigenvalue weighted by Gasteiger charge is 2.27. The summed E-state index contributed by atoms with van der Waals surface area (Å²) in [6.07, 6.45) is 23.3. The Hall–Kier alpha value is -4.77. The number of carbonyl (C=O) groups is 1. The number of para-hydroxylation sites is 1. The van der Waals surface area contributed by atoms with Crippen LogP contribution in [0.15, 0.2) is 86.7 Å². The number of fused-ring (bicyclic) bond motifs is 8. The number of carboxylic acid groups (broad SMARTS) is 1. The molecular formula is C60H68N4O3S5. The van der Waals surface area contributed by atoms with Crippen molar-refractivity contribution in [2.45, 2.75) is 160 Å². The Bertz CT molecular complexity index is 3210. The smallest absolute Gasteiger partial charge is 0.346 e. The van der Waals surface area contributed by atoms with Crippen LogP contribution in [0.1, 0.15) is 153 Å². The summed E-state index contributed by atoms with van der Waals surface area (Å²) in [6, 6.07) is 27.1. The Labute approximate surface area is 446 Å². The lowest BCUT2D eigenvalue weighted by atomic mass is 9.89. The van der Waals surface area contributed by atoms with Crippen LogP contribution in [0.3, 0.4) is 0 Å². The maximum absolute atomic E-state index is 12.1. The number of hydrogen-bond acceptors (Lipinski definition) is 11. The molecule has 8 aromatic rings. The average molecular weight is 1050 g/mol. The summed E-state index contributed by atoms with van der Waals surface area (Å²) < 4.78 is 7.95. The van der Waals surface area contributed by atoms with Gasteiger partial charge in [0.1, 0.15) is 22.7 Å². The van der Waals surface area contributed by atoms with Crippen molar-refractivity contribution in [3.05, 3.63) is 88.3 Å². The Morgan fingerprint density at radius 2 is 1.22 bits per heavy atom. The second kappa shape index (κ2) is 24.5. The van der Waals surface area contributed by atoms with Crippen molar-refractivity contribution in [1.29, 1.82) is 5.26 Å². The molecule has 12 heteroatoms. The number of rotatable bonds is 26. The first kappa shape index (κ1) is 52.1. The molecule has 2 unspecified atom stereocenters. The number of benzene rings is 3. The summed E-state index contributed by atoms with van der Waals surface area (Å²) in [7, 11) is 0. The molecule has 0 bridgehead atoms. The van der Waals surface area contributed by atoms with E-state index in [1.807, 2.05) is 40.5 Å². The Morgan fingerprint density at radius 1 is 0.653 bits per heavy atom. The zero-order valence-corrected chi connectivity index (χ0v) is 46.7. The van der Waals surface area contributed by atoms with Crippen molar-refractivity contribution in [1.82, 2.24) is 10.3 Å². The normalized spacial score (nSPS) is 13.6. The summed E-state index contributed by atoms with van der Waals surface area (Å²) >= 11 is 9.06. The van der Waals surface area contributed by atoms with Gasteiger partial charge in [0.25, 0.3) is 0 Å². The first-order valence-electron chi connectivity index (χ1n) is 26.7. The van der Waals surface area contributed by atoms with Gasteiger partial charge in [-0.1, -0.05) is 160 Å². The molecule has 1 N–H and O–H groups in total. The molecule has 7 nitrogen and oxygen atoms in total. The van der Waals surface area contributed by atoms with Gasteiger partial charge in [-0.15, -0.1) is 45.3 Å². The number of carboxylic acids is 1. The molecular weight excluding hydrogens is 985 g/mol. The van der Waals surface area contributed by atoms with E-state index in [0.29, 0.717) is 11.8 Å². The van der Waals surface area contributed by atoms with Gasteiger partial charge in [0, 0.05) is 56.4 Å². The SMILES string of the molecule is CCCCCCC(CCCC)Cc1cc(/C=C(/C#N)C(=O)O)sc1-c1cc2c3nonc3c3cc(-c4sc(-c5ccc6c(c5)Sc5ccccc5N6CC)cc4CC(CCCC)CCCCCC)sc3c2s1. The number of nitriles is 1. The van der Waals surface area contributed by atoms with Gasteiger partial charge in [0.05, 0.1) is 20.8 Å². The minimum atomic E-state index is -1.20. The number of thiophene rings is 4. The number of aliphatic carboxylic acids is 1. The fourth-order valence-corrected chi connectivity index (χ4v) is 16.9. The zero-order valence-electron chi connectivity index (χ0n) is 42.6. The van der Waals surface area contributed by atoms with E-state index in [9.17, 15) is 15.2 Å². The standard InChI is InChI=1S/C60H68N4O3S5/c1-6-11-15-17-23-38(21-13-8-3)29-41-31-44(32-43(37-61)60(65)66)68-56(41)52-35-45-54-55(63-67-62-54)46-36-53(72-59(46)58(45)71-52)57-42(30-39(22-14-9-4)24-18-16-12-7-2)34-50(70-57)40-27-28-48-51(33-40)69-49-26-20-19-25-47(49)64(48)10-5/h19-20,25-28,31-36,38-39H,6-18,21-24,29-30H2,1-5H3,(H,65,66)/b43-32-. The van der Waals surface area contributed by atoms with Gasteiger partial charge in [-0.2, -0.15) is 5.26 Å². The lowest BCUT2D eigenvalue weighted by Crippen LogP contribution is -2.19. The number of nitrogens with zero attached hydrogens (tertiary/aromatic N) is 4. The van der Waals surface area contributed by atoms with Crippen LogP contribution >= 0.6 is 57.1 Å². The largest absolute Gasteiger partial charge is 0.477 e. The number of hydrogen-bond donors (Lipinski definition) is 1. The highest BCUT2D eigenvalue weighted by molar-refractivity contribution is 7.99. The number of unbranched alkanes of at least 4 members (excludes halogenated alkanes) is 8. The molecule has 0 saturated carbocycles. The second-order valence-corrected chi connectivity index (χ2v) is 25.1. The topological polar surface area (TPSA) is 103 Å². The van der Waals surface area contributed by atoms with E-state index in [4.69, 9.17) is 4.63 Å². The van der Waals surface area contributed by atoms with Crippen LogP contribution in [0.25, 0.3) is 67.2 Å². The zero-order chi connectivity index (χ0) is 50.1. The predicted molar refractivity (Wildman–Crippen MR) is 310 cm³/mol. The van der Waals surface area contributed by atoms with E-state index in [-0.39, 0.29) is 5.57 Å². The molecule has 0 saturated heterocycles. The van der Waals surface area contributed by atoms with Gasteiger partial charge < -0.3 is 10.0 Å². The summed E-state index contributed by atoms with van der Waals surface area (Å²) in [5.41, 5.74) is 7.79. The first-order valence-corrected chi connectivity index (χ1v) is 30.7. The molecule has 9 rings (SSSR count). The molecule has 376 valence electrons. The van der Waals surface area contributed by atoms with Gasteiger partial charge >= 0.3 is 5.97 Å². The fraction of sp³-hybridized carbons (Fsp3) is 0.433. The minimum Gasteiger partial charge on any atom is -0.477 e. The van der Waals surface area contributed by atoms with E-state index < -0.39 is 5.97 Å². The van der Waals surface area contributed by atoms with Gasteiger partial charge in [0.15, 0.2) is 0 Å². The molecule has 72 heavy (non-hydrogen) atoms. The van der Waals surface area contributed by atoms with E-state index in [1.54, 1.807) is 28.7 Å². The van der Waals surface area contributed by atoms with Crippen LogP contribution < -0.4 is 4.90 Å². The Balaban J connectivity index is 1.15. The van der Waals surface area contributed by atoms with Crippen LogP contribution in [0.5, 0.6) is 0 Å². The van der Waals surface area contributed by atoms with Crippen molar-refractivity contribution in [3.63, 3.8) is 0 Å². The molecule has 6 heterocycles. The maximum atomic E-state index is 12.1. The van der Waals surface area contributed by atoms with E-state index in [1.165, 1.54) is 158 Å². The Kier molecular flexibility index (Phi) is 17.7. The van der Waals surface area contributed by atoms with Gasteiger partial charge in [-0.3, -0.25) is 0 Å². The first-order chi connectivity index (χ1) is 35.2. The molecule has 3 aromatic carbocycles. The summed E-state index contributed by atoms with van der Waals surface area (Å²) in [5.74, 6) is -0.0496. The summed E-state index contributed by atoms with van der Waals surface area (Å²) in [4.78, 5) is 24.1.